The molecule has 1 heterocycles. The van der Waals surface area contributed by atoms with Gasteiger partial charge >= 0.3 is 5.97 Å². The molecule has 6 heteroatoms. The molecule has 3 rings (SSSR count). The largest absolute Gasteiger partial charge is 0.481 e. The summed E-state index contributed by atoms with van der Waals surface area (Å²) in [6, 6.07) is 14.5. The number of aryl methyl sites for hydroxylation is 1. The number of hydrogen-bond acceptors (Lipinski definition) is 3. The van der Waals surface area contributed by atoms with E-state index in [0.29, 0.717) is 42.9 Å². The predicted octanol–water partition coefficient (Wildman–Crippen LogP) is 5.43. The number of aliphatic carboxylic acids is 1. The molecule has 0 bridgehead atoms. The van der Waals surface area contributed by atoms with Crippen LogP contribution >= 0.6 is 11.6 Å². The Hall–Kier alpha value is -2.63. The average molecular weight is 428 g/mol. The normalized spacial score (nSPS) is 13.3. The van der Waals surface area contributed by atoms with E-state index in [1.54, 1.807) is 42.9 Å². The summed E-state index contributed by atoms with van der Waals surface area (Å²) in [5, 5.41) is 11.3. The van der Waals surface area contributed by atoms with Crippen LogP contribution in [-0.4, -0.2) is 35.3 Å². The molecule has 5 nitrogen and oxygen atoms in total. The number of nitrogens with zero attached hydrogens (tertiary/aromatic N) is 1. The molecule has 158 valence electrons. The predicted molar refractivity (Wildman–Crippen MR) is 118 cm³/mol. The fourth-order valence-corrected chi connectivity index (χ4v) is 3.83. The van der Waals surface area contributed by atoms with Gasteiger partial charge in [-0.1, -0.05) is 29.8 Å². The van der Waals surface area contributed by atoms with Crippen LogP contribution in [0.1, 0.15) is 42.1 Å². The Kier molecular flexibility index (Phi) is 6.95. The van der Waals surface area contributed by atoms with Gasteiger partial charge in [0.15, 0.2) is 0 Å². The van der Waals surface area contributed by atoms with Gasteiger partial charge in [-0.05, 0) is 68.5 Å². The molecular formula is C24H26ClNO4. The van der Waals surface area contributed by atoms with Crippen LogP contribution in [0.4, 0.5) is 0 Å². The molecule has 0 saturated carbocycles. The number of carboxylic acid groups (broad SMARTS) is 1. The molecule has 0 aliphatic rings. The van der Waals surface area contributed by atoms with Crippen LogP contribution in [0.3, 0.4) is 0 Å². The van der Waals surface area contributed by atoms with Crippen molar-refractivity contribution in [2.75, 3.05) is 13.7 Å². The number of fused-ring (bicyclic) bond motifs is 1. The third kappa shape index (κ3) is 4.74. The van der Waals surface area contributed by atoms with Gasteiger partial charge in [0.2, 0.25) is 0 Å². The van der Waals surface area contributed by atoms with Crippen LogP contribution < -0.4 is 0 Å². The van der Waals surface area contributed by atoms with E-state index in [0.717, 1.165) is 16.5 Å². The minimum atomic E-state index is -0.845. The fourth-order valence-electron chi connectivity index (χ4n) is 3.71. The van der Waals surface area contributed by atoms with E-state index in [2.05, 4.69) is 0 Å². The Morgan fingerprint density at radius 3 is 2.47 bits per heavy atom. The van der Waals surface area contributed by atoms with Crippen molar-refractivity contribution in [2.45, 2.75) is 32.6 Å². The highest BCUT2D eigenvalue weighted by molar-refractivity contribution is 6.30. The van der Waals surface area contributed by atoms with Gasteiger partial charge in [0.05, 0.1) is 10.9 Å². The fraction of sp³-hybridized carbons (Fsp3) is 0.333. The Labute approximate surface area is 181 Å². The van der Waals surface area contributed by atoms with E-state index in [1.165, 1.54) is 0 Å². The first-order valence-corrected chi connectivity index (χ1v) is 10.3. The molecule has 30 heavy (non-hydrogen) atoms. The standard InChI is InChI=1S/C24H26ClNO4/c1-24(23(28)29,13-5-15-30-2)14-12-18-16-26(21-7-4-3-6-20(18)21)22(27)17-8-10-19(25)11-9-17/h3-4,6-11,16H,5,12-15H2,1-2H3,(H,28,29). The molecule has 1 unspecified atom stereocenters. The molecule has 0 spiro atoms. The van der Waals surface area contributed by atoms with E-state index < -0.39 is 11.4 Å². The summed E-state index contributed by atoms with van der Waals surface area (Å²) in [5.74, 6) is -0.949. The van der Waals surface area contributed by atoms with Crippen molar-refractivity contribution >= 4 is 34.4 Å². The zero-order chi connectivity index (χ0) is 21.7. The highest BCUT2D eigenvalue weighted by atomic mass is 35.5. The molecule has 0 saturated heterocycles. The van der Waals surface area contributed by atoms with Crippen LogP contribution in [-0.2, 0) is 16.0 Å². The number of aromatic nitrogens is 1. The first-order valence-electron chi connectivity index (χ1n) is 9.97. The Morgan fingerprint density at radius 1 is 1.10 bits per heavy atom. The number of carbonyl (C=O) groups excluding carboxylic acids is 1. The molecule has 0 aliphatic carbocycles. The monoisotopic (exact) mass is 427 g/mol. The number of ether oxygens (including phenoxy) is 1. The summed E-state index contributed by atoms with van der Waals surface area (Å²) in [5.41, 5.74) is 1.47. The molecule has 0 radical (unpaired) electrons. The maximum Gasteiger partial charge on any atom is 0.309 e. The Morgan fingerprint density at radius 2 is 1.80 bits per heavy atom. The summed E-state index contributed by atoms with van der Waals surface area (Å²) >= 11 is 5.94. The zero-order valence-electron chi connectivity index (χ0n) is 17.2. The van der Waals surface area contributed by atoms with Crippen molar-refractivity contribution in [1.82, 2.24) is 4.57 Å². The third-order valence-electron chi connectivity index (χ3n) is 5.64. The number of rotatable bonds is 9. The number of halogens is 1. The zero-order valence-corrected chi connectivity index (χ0v) is 18.0. The van der Waals surface area contributed by atoms with Crippen LogP contribution in [0.5, 0.6) is 0 Å². The second-order valence-electron chi connectivity index (χ2n) is 7.82. The van der Waals surface area contributed by atoms with Crippen LogP contribution in [0.15, 0.2) is 54.7 Å². The van der Waals surface area contributed by atoms with Gasteiger partial charge in [-0.3, -0.25) is 14.2 Å². The molecule has 0 amide bonds. The SMILES string of the molecule is COCCCC(C)(CCc1cn(C(=O)c2ccc(Cl)cc2)c2ccccc12)C(=O)O. The lowest BCUT2D eigenvalue weighted by Gasteiger charge is -2.24. The number of methoxy groups -OCH3 is 1. The van der Waals surface area contributed by atoms with E-state index in [9.17, 15) is 14.7 Å². The van der Waals surface area contributed by atoms with Crippen molar-refractivity contribution in [1.29, 1.82) is 0 Å². The molecular weight excluding hydrogens is 402 g/mol. The molecule has 3 aromatic rings. The van der Waals surface area contributed by atoms with Gasteiger partial charge in [-0.25, -0.2) is 0 Å². The summed E-state index contributed by atoms with van der Waals surface area (Å²) in [6.07, 6.45) is 4.11. The van der Waals surface area contributed by atoms with Gasteiger partial charge < -0.3 is 9.84 Å². The minimum absolute atomic E-state index is 0.143. The van der Waals surface area contributed by atoms with Gasteiger partial charge in [-0.2, -0.15) is 0 Å². The number of benzene rings is 2. The number of carbonyl (C=O) groups is 2. The van der Waals surface area contributed by atoms with Gasteiger partial charge in [0.25, 0.3) is 5.91 Å². The van der Waals surface area contributed by atoms with Crippen LogP contribution in [0, 0.1) is 5.41 Å². The van der Waals surface area contributed by atoms with E-state index in [-0.39, 0.29) is 5.91 Å². The lowest BCUT2D eigenvalue weighted by atomic mass is 9.80. The Balaban J connectivity index is 1.89. The number of para-hydroxylation sites is 1. The molecule has 1 aromatic heterocycles. The Bertz CT molecular complexity index is 1040. The lowest BCUT2D eigenvalue weighted by Crippen LogP contribution is -2.28. The van der Waals surface area contributed by atoms with Crippen molar-refractivity contribution < 1.29 is 19.4 Å². The average Bonchev–Trinajstić information content (AvgIpc) is 3.11. The van der Waals surface area contributed by atoms with Crippen molar-refractivity contribution in [2.24, 2.45) is 5.41 Å². The van der Waals surface area contributed by atoms with Gasteiger partial charge in [0.1, 0.15) is 0 Å². The van der Waals surface area contributed by atoms with Gasteiger partial charge in [0, 0.05) is 35.9 Å². The number of hydrogen-bond donors (Lipinski definition) is 1. The third-order valence-corrected chi connectivity index (χ3v) is 5.90. The smallest absolute Gasteiger partial charge is 0.309 e. The van der Waals surface area contributed by atoms with Crippen molar-refractivity contribution in [3.8, 4) is 0 Å². The van der Waals surface area contributed by atoms with E-state index in [4.69, 9.17) is 16.3 Å². The molecule has 2 aromatic carbocycles. The topological polar surface area (TPSA) is 68.5 Å². The maximum atomic E-state index is 13.1. The number of carboxylic acids is 1. The van der Waals surface area contributed by atoms with E-state index >= 15 is 0 Å². The first kappa shape index (κ1) is 22.1. The maximum absolute atomic E-state index is 13.1. The summed E-state index contributed by atoms with van der Waals surface area (Å²) in [4.78, 5) is 25.0. The van der Waals surface area contributed by atoms with Crippen LogP contribution in [0.25, 0.3) is 10.9 Å². The van der Waals surface area contributed by atoms with E-state index in [1.807, 2.05) is 30.5 Å². The van der Waals surface area contributed by atoms with Crippen LogP contribution in [0.2, 0.25) is 5.02 Å². The molecule has 1 N–H and O–H groups in total. The highest BCUT2D eigenvalue weighted by Crippen LogP contribution is 2.32. The van der Waals surface area contributed by atoms with Gasteiger partial charge in [-0.15, -0.1) is 0 Å². The highest BCUT2D eigenvalue weighted by Gasteiger charge is 2.32. The molecule has 1 atom stereocenters. The summed E-state index contributed by atoms with van der Waals surface area (Å²) in [7, 11) is 1.62. The second-order valence-corrected chi connectivity index (χ2v) is 8.25. The quantitative estimate of drug-likeness (QED) is 0.462. The summed E-state index contributed by atoms with van der Waals surface area (Å²) < 4.78 is 6.71. The van der Waals surface area contributed by atoms with Crippen molar-refractivity contribution in [3.63, 3.8) is 0 Å². The summed E-state index contributed by atoms with van der Waals surface area (Å²) in [6.45, 7) is 2.32. The minimum Gasteiger partial charge on any atom is -0.481 e. The molecule has 0 aliphatic heterocycles. The second kappa shape index (κ2) is 9.45. The first-order chi connectivity index (χ1) is 14.4. The molecule has 0 fully saturated rings. The van der Waals surface area contributed by atoms with Crippen molar-refractivity contribution in [3.05, 3.63) is 70.9 Å². The lowest BCUT2D eigenvalue weighted by molar-refractivity contribution is -0.149.